The smallest absolute Gasteiger partial charge is 0.254 e. The highest BCUT2D eigenvalue weighted by Crippen LogP contribution is 2.42. The van der Waals surface area contributed by atoms with Gasteiger partial charge in [-0.05, 0) is 50.8 Å². The van der Waals surface area contributed by atoms with Crippen molar-refractivity contribution in [1.82, 2.24) is 15.1 Å². The predicted octanol–water partition coefficient (Wildman–Crippen LogP) is 3.21. The summed E-state index contributed by atoms with van der Waals surface area (Å²) in [5, 5.41) is 17.3. The van der Waals surface area contributed by atoms with Gasteiger partial charge in [-0.15, -0.1) is 0 Å². The number of nitrogens with one attached hydrogen (secondary N) is 1. The number of aromatic nitrogens is 2. The first-order valence-corrected chi connectivity index (χ1v) is 8.66. The molecule has 0 spiro atoms. The van der Waals surface area contributed by atoms with Crippen LogP contribution in [0.1, 0.15) is 53.7 Å². The molecule has 3 rings (SSSR count). The lowest BCUT2D eigenvalue weighted by Crippen LogP contribution is -2.27. The third-order valence-corrected chi connectivity index (χ3v) is 4.67. The molecule has 24 heavy (non-hydrogen) atoms. The van der Waals surface area contributed by atoms with Crippen molar-refractivity contribution in [2.45, 2.75) is 45.1 Å². The van der Waals surface area contributed by atoms with Gasteiger partial charge in [0.15, 0.2) is 0 Å². The predicted molar refractivity (Wildman–Crippen MR) is 93.9 cm³/mol. The minimum Gasteiger partial charge on any atom is -0.393 e. The molecule has 1 atom stereocenters. The molecule has 1 unspecified atom stereocenters. The van der Waals surface area contributed by atoms with E-state index in [1.54, 1.807) is 13.1 Å². The van der Waals surface area contributed by atoms with E-state index in [9.17, 15) is 9.90 Å². The zero-order valence-electron chi connectivity index (χ0n) is 13.9. The summed E-state index contributed by atoms with van der Waals surface area (Å²) >= 11 is 6.23. The fourth-order valence-electron chi connectivity index (χ4n) is 2.69. The fraction of sp³-hybridized carbons (Fsp3) is 0.444. The number of nitrogens with zero attached hydrogens (tertiary/aromatic N) is 2. The monoisotopic (exact) mass is 347 g/mol. The molecule has 1 aliphatic carbocycles. The molecule has 1 amide bonds. The van der Waals surface area contributed by atoms with Crippen LogP contribution in [0, 0.1) is 6.92 Å². The first-order chi connectivity index (χ1) is 11.5. The summed E-state index contributed by atoms with van der Waals surface area (Å²) in [7, 11) is 0. The summed E-state index contributed by atoms with van der Waals surface area (Å²) in [4.78, 5) is 12.5. The Bertz CT molecular complexity index is 751. The Morgan fingerprint density at radius 1 is 1.50 bits per heavy atom. The van der Waals surface area contributed by atoms with Crippen molar-refractivity contribution in [2.75, 3.05) is 6.54 Å². The average molecular weight is 348 g/mol. The fourth-order valence-corrected chi connectivity index (χ4v) is 2.87. The molecule has 1 fully saturated rings. The van der Waals surface area contributed by atoms with Crippen LogP contribution in [0.15, 0.2) is 24.4 Å². The molecule has 1 saturated carbocycles. The van der Waals surface area contributed by atoms with Crippen LogP contribution in [0.4, 0.5) is 0 Å². The molecule has 1 aliphatic rings. The van der Waals surface area contributed by atoms with Gasteiger partial charge in [-0.1, -0.05) is 17.7 Å². The minimum absolute atomic E-state index is 0.137. The van der Waals surface area contributed by atoms with Crippen LogP contribution in [0.25, 0.3) is 5.69 Å². The highest BCUT2D eigenvalue weighted by atomic mass is 35.5. The topological polar surface area (TPSA) is 67.2 Å². The van der Waals surface area contributed by atoms with E-state index in [0.29, 0.717) is 29.5 Å². The van der Waals surface area contributed by atoms with Crippen LogP contribution in [0.5, 0.6) is 0 Å². The number of aryl methyl sites for hydroxylation is 1. The van der Waals surface area contributed by atoms with Gasteiger partial charge < -0.3 is 10.4 Å². The molecule has 0 radical (unpaired) electrons. The number of hydrogen-bond donors (Lipinski definition) is 2. The van der Waals surface area contributed by atoms with E-state index in [-0.39, 0.29) is 5.91 Å². The van der Waals surface area contributed by atoms with Crippen molar-refractivity contribution in [1.29, 1.82) is 0 Å². The number of aliphatic hydroxyl groups is 1. The number of rotatable bonds is 6. The summed E-state index contributed by atoms with van der Waals surface area (Å²) in [5.74, 6) is 0.229. The van der Waals surface area contributed by atoms with Gasteiger partial charge in [0.1, 0.15) is 0 Å². The Balaban J connectivity index is 1.88. The Kier molecular flexibility index (Phi) is 4.92. The minimum atomic E-state index is -0.425. The Hall–Kier alpha value is -1.85. The van der Waals surface area contributed by atoms with E-state index in [2.05, 4.69) is 10.4 Å². The molecule has 0 bridgehead atoms. The Morgan fingerprint density at radius 2 is 2.25 bits per heavy atom. The molecule has 0 aliphatic heterocycles. The maximum absolute atomic E-state index is 12.5. The van der Waals surface area contributed by atoms with Crippen LogP contribution in [0.2, 0.25) is 5.02 Å². The molecule has 1 aromatic carbocycles. The molecule has 2 aromatic rings. The van der Waals surface area contributed by atoms with Crippen LogP contribution < -0.4 is 5.32 Å². The third kappa shape index (κ3) is 3.62. The number of carbonyl (C=O) groups excluding carboxylic acids is 1. The number of aliphatic hydroxyl groups excluding tert-OH is 1. The molecule has 6 heteroatoms. The Labute approximate surface area is 146 Å². The van der Waals surface area contributed by atoms with Gasteiger partial charge in [0.2, 0.25) is 0 Å². The van der Waals surface area contributed by atoms with Crippen molar-refractivity contribution < 1.29 is 9.90 Å². The van der Waals surface area contributed by atoms with E-state index in [4.69, 9.17) is 11.6 Å². The largest absolute Gasteiger partial charge is 0.393 e. The second-order valence-corrected chi connectivity index (χ2v) is 6.86. The van der Waals surface area contributed by atoms with Gasteiger partial charge in [-0.3, -0.25) is 4.79 Å². The second-order valence-electron chi connectivity index (χ2n) is 6.46. The van der Waals surface area contributed by atoms with Crippen molar-refractivity contribution in [3.8, 4) is 5.69 Å². The van der Waals surface area contributed by atoms with Gasteiger partial charge in [-0.25, -0.2) is 4.68 Å². The number of amides is 1. The van der Waals surface area contributed by atoms with Crippen molar-refractivity contribution in [3.63, 3.8) is 0 Å². The molecule has 1 heterocycles. The van der Waals surface area contributed by atoms with E-state index in [1.165, 1.54) is 0 Å². The lowest BCUT2D eigenvalue weighted by Gasteiger charge is -2.11. The molecule has 2 N–H and O–H groups in total. The van der Waals surface area contributed by atoms with Gasteiger partial charge in [0, 0.05) is 17.5 Å². The van der Waals surface area contributed by atoms with Crippen LogP contribution in [-0.2, 0) is 0 Å². The highest BCUT2D eigenvalue weighted by molar-refractivity contribution is 6.31. The summed E-state index contributed by atoms with van der Waals surface area (Å²) < 4.78 is 1.83. The Morgan fingerprint density at radius 3 is 2.88 bits per heavy atom. The maximum Gasteiger partial charge on any atom is 0.254 e. The second kappa shape index (κ2) is 6.95. The zero-order valence-corrected chi connectivity index (χ0v) is 14.7. The molecule has 0 saturated heterocycles. The summed E-state index contributed by atoms with van der Waals surface area (Å²) in [6, 6.07) is 5.80. The lowest BCUT2D eigenvalue weighted by molar-refractivity contribution is 0.0944. The molecule has 5 nitrogen and oxygen atoms in total. The summed E-state index contributed by atoms with van der Waals surface area (Å²) in [6.07, 6.45) is 3.87. The number of halogens is 1. The lowest BCUT2D eigenvalue weighted by atomic mass is 10.1. The third-order valence-electron chi connectivity index (χ3n) is 4.26. The van der Waals surface area contributed by atoms with Crippen LogP contribution in [0.3, 0.4) is 0 Å². The standard InChI is InChI=1S/C18H22ClN3O2/c1-11-3-6-14(9-16(11)19)22-17(13-4-5-13)15(10-21-22)18(24)20-8-7-12(2)23/h3,6,9-10,12-13,23H,4-5,7-8H2,1-2H3,(H,20,24). The quantitative estimate of drug-likeness (QED) is 0.843. The van der Waals surface area contributed by atoms with Gasteiger partial charge in [0.25, 0.3) is 5.91 Å². The van der Waals surface area contributed by atoms with Gasteiger partial charge in [0.05, 0.1) is 29.2 Å². The maximum atomic E-state index is 12.5. The number of hydrogen-bond acceptors (Lipinski definition) is 3. The first-order valence-electron chi connectivity index (χ1n) is 8.28. The average Bonchev–Trinajstić information content (AvgIpc) is 3.28. The molecule has 1 aromatic heterocycles. The molecular weight excluding hydrogens is 326 g/mol. The van der Waals surface area contributed by atoms with E-state index in [0.717, 1.165) is 29.8 Å². The summed E-state index contributed by atoms with van der Waals surface area (Å²) in [5.41, 5.74) is 3.44. The van der Waals surface area contributed by atoms with Gasteiger partial charge >= 0.3 is 0 Å². The number of carbonyl (C=O) groups is 1. The van der Waals surface area contributed by atoms with Crippen molar-refractivity contribution >= 4 is 17.5 Å². The zero-order chi connectivity index (χ0) is 17.3. The summed E-state index contributed by atoms with van der Waals surface area (Å²) in [6.45, 7) is 4.11. The molecule has 128 valence electrons. The van der Waals surface area contributed by atoms with Crippen LogP contribution >= 0.6 is 11.6 Å². The van der Waals surface area contributed by atoms with E-state index < -0.39 is 6.10 Å². The van der Waals surface area contributed by atoms with E-state index >= 15 is 0 Å². The van der Waals surface area contributed by atoms with E-state index in [1.807, 2.05) is 29.8 Å². The highest BCUT2D eigenvalue weighted by Gasteiger charge is 2.32. The van der Waals surface area contributed by atoms with Crippen molar-refractivity contribution in [2.24, 2.45) is 0 Å². The molecular formula is C18H22ClN3O2. The van der Waals surface area contributed by atoms with Crippen LogP contribution in [-0.4, -0.2) is 33.4 Å². The first kappa shape index (κ1) is 17.0. The number of benzene rings is 1. The van der Waals surface area contributed by atoms with Crippen molar-refractivity contribution in [3.05, 3.63) is 46.2 Å². The normalized spacial score (nSPS) is 15.3. The van der Waals surface area contributed by atoms with Gasteiger partial charge in [-0.2, -0.15) is 5.10 Å². The SMILES string of the molecule is Cc1ccc(-n2ncc(C(=O)NCCC(C)O)c2C2CC2)cc1Cl.